The van der Waals surface area contributed by atoms with Gasteiger partial charge in [0.15, 0.2) is 0 Å². The van der Waals surface area contributed by atoms with Gasteiger partial charge in [-0.3, -0.25) is 14.9 Å². The Hall–Kier alpha value is -2.70. The van der Waals surface area contributed by atoms with Gasteiger partial charge >= 0.3 is 6.09 Å². The van der Waals surface area contributed by atoms with Crippen LogP contribution in [-0.4, -0.2) is 29.1 Å². The second kappa shape index (κ2) is 8.76. The van der Waals surface area contributed by atoms with Crippen LogP contribution < -0.4 is 4.90 Å². The lowest BCUT2D eigenvalue weighted by Crippen LogP contribution is -2.48. The van der Waals surface area contributed by atoms with Crippen LogP contribution in [-0.2, 0) is 14.9 Å². The molecule has 0 unspecified atom stereocenters. The minimum Gasteiger partial charge on any atom is -0.443 e. The summed E-state index contributed by atoms with van der Waals surface area (Å²) in [5, 5.41) is 11.4. The number of fused-ring (bicyclic) bond motifs is 1. The monoisotopic (exact) mass is 402 g/mol. The van der Waals surface area contributed by atoms with Crippen molar-refractivity contribution < 1.29 is 19.2 Å². The third-order valence-electron chi connectivity index (χ3n) is 5.11. The summed E-state index contributed by atoms with van der Waals surface area (Å²) in [4.78, 5) is 38.3. The third-order valence-corrected chi connectivity index (χ3v) is 5.11. The number of unbranched alkanes of at least 4 members (excludes halogenated alkanes) is 2. The topological polar surface area (TPSA) is 89.8 Å². The molecule has 7 heteroatoms. The van der Waals surface area contributed by atoms with Crippen molar-refractivity contribution in [3.63, 3.8) is 0 Å². The first-order valence-electron chi connectivity index (χ1n) is 9.97. The molecule has 29 heavy (non-hydrogen) atoms. The van der Waals surface area contributed by atoms with Crippen molar-refractivity contribution in [1.29, 1.82) is 0 Å². The van der Waals surface area contributed by atoms with E-state index in [0.717, 1.165) is 24.2 Å². The van der Waals surface area contributed by atoms with E-state index in [2.05, 4.69) is 6.92 Å². The van der Waals surface area contributed by atoms with Crippen molar-refractivity contribution in [3.8, 4) is 0 Å². The van der Waals surface area contributed by atoms with E-state index >= 15 is 0 Å². The normalized spacial score (nSPS) is 20.0. The van der Waals surface area contributed by atoms with Crippen LogP contribution >= 0.6 is 0 Å². The number of hydrogen-bond acceptors (Lipinski definition) is 5. The van der Waals surface area contributed by atoms with Gasteiger partial charge in [0.2, 0.25) is 12.5 Å². The summed E-state index contributed by atoms with van der Waals surface area (Å²) >= 11 is 0. The minimum absolute atomic E-state index is 0.401. The molecule has 1 aliphatic rings. The van der Waals surface area contributed by atoms with Crippen molar-refractivity contribution >= 4 is 17.7 Å². The molecule has 1 aromatic carbocycles. The third kappa shape index (κ3) is 4.83. The largest absolute Gasteiger partial charge is 0.443 e. The molecule has 0 spiro atoms. The molecular formula is C22H30N2O5. The number of carbonyl (C=O) groups is 2. The lowest BCUT2D eigenvalue weighted by molar-refractivity contribution is -0.487. The number of benzene rings is 1. The van der Waals surface area contributed by atoms with E-state index in [1.807, 2.05) is 6.08 Å². The predicted molar refractivity (Wildman–Crippen MR) is 112 cm³/mol. The highest BCUT2D eigenvalue weighted by atomic mass is 16.6. The average molecular weight is 402 g/mol. The van der Waals surface area contributed by atoms with E-state index in [1.165, 1.54) is 0 Å². The van der Waals surface area contributed by atoms with Gasteiger partial charge in [0.05, 0.1) is 17.0 Å². The van der Waals surface area contributed by atoms with Crippen LogP contribution in [0.15, 0.2) is 36.4 Å². The first-order valence-corrected chi connectivity index (χ1v) is 9.97. The molecule has 1 heterocycles. The quantitative estimate of drug-likeness (QED) is 0.281. The van der Waals surface area contributed by atoms with Crippen molar-refractivity contribution in [3.05, 3.63) is 52.1 Å². The van der Waals surface area contributed by atoms with Crippen LogP contribution in [0.3, 0.4) is 0 Å². The standard InChI is InChI=1S/C22H30N2O5/c1-6-7-8-9-12-16(15-23(27)28)22(5)17-13-10-11-14-18(17)24(19(22)25)20(26)29-21(2,3)4/h9-14,16H,6-8,15H2,1-5H3/b12-9+/t16-,22-/m1/s1. The van der Waals surface area contributed by atoms with Crippen LogP contribution in [0.4, 0.5) is 10.5 Å². The van der Waals surface area contributed by atoms with E-state index in [0.29, 0.717) is 11.3 Å². The molecule has 0 bridgehead atoms. The zero-order valence-electron chi connectivity index (χ0n) is 17.8. The zero-order valence-corrected chi connectivity index (χ0v) is 17.8. The molecule has 0 radical (unpaired) electrons. The summed E-state index contributed by atoms with van der Waals surface area (Å²) < 4.78 is 5.43. The molecule has 2 amide bonds. The number of carbonyl (C=O) groups excluding carboxylic acids is 2. The summed E-state index contributed by atoms with van der Waals surface area (Å²) in [6.07, 6.45) is 5.64. The van der Waals surface area contributed by atoms with E-state index in [-0.39, 0.29) is 0 Å². The van der Waals surface area contributed by atoms with E-state index < -0.39 is 40.4 Å². The molecule has 0 fully saturated rings. The van der Waals surface area contributed by atoms with Crippen molar-refractivity contribution in [2.75, 3.05) is 11.4 Å². The Morgan fingerprint density at radius 1 is 1.34 bits per heavy atom. The molecule has 1 aromatic rings. The van der Waals surface area contributed by atoms with Crippen LogP contribution in [0.1, 0.15) is 59.4 Å². The van der Waals surface area contributed by atoms with Gasteiger partial charge in [-0.1, -0.05) is 50.1 Å². The summed E-state index contributed by atoms with van der Waals surface area (Å²) in [5.74, 6) is -1.18. The molecular weight excluding hydrogens is 372 g/mol. The molecule has 2 rings (SSSR count). The molecule has 0 aliphatic carbocycles. The molecule has 0 N–H and O–H groups in total. The highest BCUT2D eigenvalue weighted by Gasteiger charge is 2.55. The maximum absolute atomic E-state index is 13.5. The Labute approximate surface area is 171 Å². The van der Waals surface area contributed by atoms with Crippen molar-refractivity contribution in [2.24, 2.45) is 5.92 Å². The number of para-hydroxylation sites is 1. The fraction of sp³-hybridized carbons (Fsp3) is 0.545. The number of anilines is 1. The summed E-state index contributed by atoms with van der Waals surface area (Å²) in [6.45, 7) is 8.52. The van der Waals surface area contributed by atoms with Crippen molar-refractivity contribution in [2.45, 2.75) is 64.9 Å². The number of amides is 2. The number of ether oxygens (including phenoxy) is 1. The SMILES string of the molecule is CCCC/C=C/[C@H](C[N+](=O)[O-])[C@@]1(C)C(=O)N(C(=O)OC(C)(C)C)c2ccccc21. The predicted octanol–water partition coefficient (Wildman–Crippen LogP) is 4.87. The Balaban J connectivity index is 2.50. The zero-order chi connectivity index (χ0) is 21.8. The molecule has 7 nitrogen and oxygen atoms in total. The molecule has 0 aromatic heterocycles. The van der Waals surface area contributed by atoms with Gasteiger partial charge in [0.25, 0.3) is 0 Å². The number of allylic oxidation sites excluding steroid dienone is 1. The summed E-state index contributed by atoms with van der Waals surface area (Å²) in [6, 6.07) is 6.93. The molecule has 1 aliphatic heterocycles. The number of imide groups is 1. The maximum Gasteiger partial charge on any atom is 0.421 e. The van der Waals surface area contributed by atoms with Gasteiger partial charge in [-0.2, -0.15) is 0 Å². The Bertz CT molecular complexity index is 812. The van der Waals surface area contributed by atoms with Crippen LogP contribution in [0, 0.1) is 16.0 Å². The first-order chi connectivity index (χ1) is 13.5. The molecule has 0 saturated heterocycles. The fourth-order valence-electron chi connectivity index (χ4n) is 3.59. The van der Waals surface area contributed by atoms with E-state index in [4.69, 9.17) is 4.74 Å². The van der Waals surface area contributed by atoms with Gasteiger partial charge in [0, 0.05) is 4.92 Å². The maximum atomic E-state index is 13.5. The van der Waals surface area contributed by atoms with Crippen molar-refractivity contribution in [1.82, 2.24) is 0 Å². The molecule has 2 atom stereocenters. The van der Waals surface area contributed by atoms with E-state index in [1.54, 1.807) is 58.0 Å². The van der Waals surface area contributed by atoms with Gasteiger partial charge in [0.1, 0.15) is 5.60 Å². The Morgan fingerprint density at radius 2 is 2.00 bits per heavy atom. The lowest BCUT2D eigenvalue weighted by atomic mass is 9.72. The number of nitro groups is 1. The van der Waals surface area contributed by atoms with Crippen LogP contribution in [0.2, 0.25) is 0 Å². The highest BCUT2D eigenvalue weighted by molar-refractivity contribution is 6.21. The number of rotatable bonds is 7. The summed E-state index contributed by atoms with van der Waals surface area (Å²) in [5.41, 5.74) is -0.984. The number of hydrogen-bond donors (Lipinski definition) is 0. The van der Waals surface area contributed by atoms with Gasteiger partial charge in [-0.25, -0.2) is 9.69 Å². The highest BCUT2D eigenvalue weighted by Crippen LogP contribution is 2.47. The average Bonchev–Trinajstić information content (AvgIpc) is 2.85. The second-order valence-electron chi connectivity index (χ2n) is 8.53. The smallest absolute Gasteiger partial charge is 0.421 e. The second-order valence-corrected chi connectivity index (χ2v) is 8.53. The Morgan fingerprint density at radius 3 is 2.59 bits per heavy atom. The summed E-state index contributed by atoms with van der Waals surface area (Å²) in [7, 11) is 0. The van der Waals surface area contributed by atoms with Gasteiger partial charge < -0.3 is 4.74 Å². The van der Waals surface area contributed by atoms with Gasteiger partial charge in [-0.15, -0.1) is 0 Å². The lowest BCUT2D eigenvalue weighted by Gasteiger charge is -2.29. The van der Waals surface area contributed by atoms with E-state index in [9.17, 15) is 19.7 Å². The minimum atomic E-state index is -1.23. The molecule has 0 saturated carbocycles. The van der Waals surface area contributed by atoms with Crippen LogP contribution in [0.25, 0.3) is 0 Å². The Kier molecular flexibility index (Phi) is 6.82. The number of nitrogens with zero attached hydrogens (tertiary/aromatic N) is 2. The van der Waals surface area contributed by atoms with Crippen LogP contribution in [0.5, 0.6) is 0 Å². The fourth-order valence-corrected chi connectivity index (χ4v) is 3.59. The van der Waals surface area contributed by atoms with Gasteiger partial charge in [-0.05, 0) is 45.7 Å². The first kappa shape index (κ1) is 22.6. The molecule has 158 valence electrons.